The molecule has 4 nitrogen and oxygen atoms in total. The molecule has 0 bridgehead atoms. The number of aromatic nitrogens is 1. The Balaban J connectivity index is 2.27. The molecular formula is C16H13F3N2O2S. The fraction of sp³-hybridized carbons (Fsp3) is 0.125. The molecule has 1 aromatic heterocycles. The Hall–Kier alpha value is -2.48. The van der Waals surface area contributed by atoms with Gasteiger partial charge in [0.15, 0.2) is 0 Å². The lowest BCUT2D eigenvalue weighted by Gasteiger charge is -2.12. The van der Waals surface area contributed by atoms with Crippen LogP contribution in [-0.4, -0.2) is 13.4 Å². The second kappa shape index (κ2) is 5.27. The van der Waals surface area contributed by atoms with E-state index in [4.69, 9.17) is 5.73 Å². The van der Waals surface area contributed by atoms with Gasteiger partial charge in [0.05, 0.1) is 15.4 Å². The van der Waals surface area contributed by atoms with E-state index in [1.165, 1.54) is 0 Å². The maximum absolute atomic E-state index is 13.0. The van der Waals surface area contributed by atoms with Crippen LogP contribution in [0.3, 0.4) is 0 Å². The largest absolute Gasteiger partial charge is 0.418 e. The molecule has 3 aromatic rings. The number of hydrogen-bond acceptors (Lipinski definition) is 3. The minimum atomic E-state index is -4.73. The van der Waals surface area contributed by atoms with Crippen LogP contribution in [0.2, 0.25) is 0 Å². The first kappa shape index (κ1) is 16.4. The van der Waals surface area contributed by atoms with Gasteiger partial charge in [0.2, 0.25) is 9.84 Å². The molecule has 3 rings (SSSR count). The average molecular weight is 354 g/mol. The van der Waals surface area contributed by atoms with Crippen molar-refractivity contribution in [3.05, 3.63) is 53.7 Å². The number of aromatic amines is 1. The van der Waals surface area contributed by atoms with E-state index < -0.39 is 32.2 Å². The zero-order valence-corrected chi connectivity index (χ0v) is 13.3. The first-order valence-corrected chi connectivity index (χ1v) is 8.40. The van der Waals surface area contributed by atoms with Gasteiger partial charge >= 0.3 is 6.18 Å². The fourth-order valence-corrected chi connectivity index (χ4v) is 4.34. The monoisotopic (exact) mass is 354 g/mol. The van der Waals surface area contributed by atoms with Gasteiger partial charge in [0.1, 0.15) is 0 Å². The maximum Gasteiger partial charge on any atom is 0.418 e. The SMILES string of the molecule is Cc1[nH]c2ccccc2c1S(=O)(=O)c1ccc(N)c(C(F)(F)F)c1. The number of nitrogens with two attached hydrogens (primary N) is 1. The second-order valence-corrected chi connectivity index (χ2v) is 7.26. The van der Waals surface area contributed by atoms with Gasteiger partial charge in [-0.2, -0.15) is 13.2 Å². The van der Waals surface area contributed by atoms with Crippen LogP contribution >= 0.6 is 0 Å². The third kappa shape index (κ3) is 2.52. The molecule has 0 fully saturated rings. The van der Waals surface area contributed by atoms with Gasteiger partial charge in [-0.1, -0.05) is 18.2 Å². The fourth-order valence-electron chi connectivity index (χ4n) is 2.66. The van der Waals surface area contributed by atoms with Crippen molar-refractivity contribution in [2.75, 3.05) is 5.73 Å². The Morgan fingerprint density at radius 2 is 1.75 bits per heavy atom. The molecule has 0 aliphatic carbocycles. The Labute approximate surface area is 136 Å². The minimum Gasteiger partial charge on any atom is -0.398 e. The van der Waals surface area contributed by atoms with Crippen LogP contribution in [0.15, 0.2) is 52.3 Å². The summed E-state index contributed by atoms with van der Waals surface area (Å²) in [5.41, 5.74) is 4.61. The predicted molar refractivity (Wildman–Crippen MR) is 84.3 cm³/mol. The smallest absolute Gasteiger partial charge is 0.398 e. The highest BCUT2D eigenvalue weighted by atomic mass is 32.2. The highest BCUT2D eigenvalue weighted by Gasteiger charge is 2.35. The molecule has 3 N–H and O–H groups in total. The topological polar surface area (TPSA) is 76.0 Å². The first-order valence-electron chi connectivity index (χ1n) is 6.91. The summed E-state index contributed by atoms with van der Waals surface area (Å²) in [7, 11) is -4.14. The van der Waals surface area contributed by atoms with Crippen LogP contribution in [0.5, 0.6) is 0 Å². The second-order valence-electron chi connectivity index (χ2n) is 5.37. The van der Waals surface area contributed by atoms with Gasteiger partial charge in [-0.3, -0.25) is 0 Å². The molecule has 0 aliphatic rings. The summed E-state index contributed by atoms with van der Waals surface area (Å²) in [4.78, 5) is 2.45. The number of sulfone groups is 1. The van der Waals surface area contributed by atoms with Gasteiger partial charge in [-0.15, -0.1) is 0 Å². The minimum absolute atomic E-state index is 0.0315. The number of nitrogen functional groups attached to an aromatic ring is 1. The lowest BCUT2D eigenvalue weighted by Crippen LogP contribution is -2.11. The number of benzene rings is 2. The molecule has 0 saturated carbocycles. The highest BCUT2D eigenvalue weighted by Crippen LogP contribution is 2.37. The van der Waals surface area contributed by atoms with Crippen LogP contribution < -0.4 is 5.73 Å². The average Bonchev–Trinajstić information content (AvgIpc) is 2.82. The van der Waals surface area contributed by atoms with E-state index in [0.29, 0.717) is 22.7 Å². The first-order chi connectivity index (χ1) is 11.1. The summed E-state index contributed by atoms with van der Waals surface area (Å²) in [5, 5.41) is 0.431. The Morgan fingerprint density at radius 3 is 2.42 bits per heavy atom. The van der Waals surface area contributed by atoms with E-state index >= 15 is 0 Å². The summed E-state index contributed by atoms with van der Waals surface area (Å²) in [5.74, 6) is 0. The van der Waals surface area contributed by atoms with Crippen LogP contribution in [0.1, 0.15) is 11.3 Å². The third-order valence-corrected chi connectivity index (χ3v) is 5.68. The lowest BCUT2D eigenvalue weighted by atomic mass is 10.2. The molecule has 0 saturated heterocycles. The number of halogens is 3. The standard InChI is InChI=1S/C16H13F3N2O2S/c1-9-15(11-4-2-3-5-14(11)21-9)24(22,23)10-6-7-13(20)12(8-10)16(17,18)19/h2-8,21H,20H2,1H3. The van der Waals surface area contributed by atoms with Crippen LogP contribution in [-0.2, 0) is 16.0 Å². The number of para-hydroxylation sites is 1. The Kier molecular flexibility index (Phi) is 3.60. The van der Waals surface area contributed by atoms with Gasteiger partial charge in [0, 0.05) is 22.3 Å². The van der Waals surface area contributed by atoms with Crippen LogP contribution in [0.4, 0.5) is 18.9 Å². The molecule has 0 spiro atoms. The van der Waals surface area contributed by atoms with E-state index in [0.717, 1.165) is 12.1 Å². The lowest BCUT2D eigenvalue weighted by molar-refractivity contribution is -0.137. The molecule has 24 heavy (non-hydrogen) atoms. The summed E-state index contributed by atoms with van der Waals surface area (Å²) < 4.78 is 64.8. The van der Waals surface area contributed by atoms with Crippen molar-refractivity contribution < 1.29 is 21.6 Å². The normalized spacial score (nSPS) is 12.7. The summed E-state index contributed by atoms with van der Waals surface area (Å²) in [6.07, 6.45) is -4.73. The number of aryl methyl sites for hydroxylation is 1. The number of alkyl halides is 3. The molecule has 126 valence electrons. The van der Waals surface area contributed by atoms with E-state index in [-0.39, 0.29) is 4.90 Å². The molecule has 0 unspecified atom stereocenters. The van der Waals surface area contributed by atoms with Crippen molar-refractivity contribution in [2.45, 2.75) is 22.9 Å². The van der Waals surface area contributed by atoms with Gasteiger partial charge < -0.3 is 10.7 Å². The predicted octanol–water partition coefficient (Wildman–Crippen LogP) is 3.91. The summed E-state index contributed by atoms with van der Waals surface area (Å²) in [6.45, 7) is 1.56. The van der Waals surface area contributed by atoms with E-state index in [1.807, 2.05) is 0 Å². The van der Waals surface area contributed by atoms with Gasteiger partial charge in [0.25, 0.3) is 0 Å². The number of nitrogens with one attached hydrogen (secondary N) is 1. The molecule has 8 heteroatoms. The quantitative estimate of drug-likeness (QED) is 0.685. The Morgan fingerprint density at radius 1 is 1.08 bits per heavy atom. The molecule has 0 atom stereocenters. The van der Waals surface area contributed by atoms with Crippen molar-refractivity contribution in [1.82, 2.24) is 4.98 Å². The Bertz CT molecular complexity index is 1040. The van der Waals surface area contributed by atoms with Crippen molar-refractivity contribution in [3.63, 3.8) is 0 Å². The number of hydrogen-bond donors (Lipinski definition) is 2. The zero-order valence-electron chi connectivity index (χ0n) is 12.5. The van der Waals surface area contributed by atoms with E-state index in [2.05, 4.69) is 4.98 Å². The molecule has 2 aromatic carbocycles. The number of H-pyrrole nitrogens is 1. The molecule has 0 aliphatic heterocycles. The van der Waals surface area contributed by atoms with Crippen molar-refractivity contribution in [3.8, 4) is 0 Å². The van der Waals surface area contributed by atoms with Crippen molar-refractivity contribution in [2.24, 2.45) is 0 Å². The molecular weight excluding hydrogens is 341 g/mol. The maximum atomic E-state index is 13.0. The number of rotatable bonds is 2. The van der Waals surface area contributed by atoms with E-state index in [9.17, 15) is 21.6 Å². The molecule has 0 radical (unpaired) electrons. The number of anilines is 1. The van der Waals surface area contributed by atoms with Gasteiger partial charge in [-0.25, -0.2) is 8.42 Å². The molecule has 0 amide bonds. The van der Waals surface area contributed by atoms with E-state index in [1.54, 1.807) is 31.2 Å². The summed E-state index contributed by atoms with van der Waals surface area (Å²) >= 11 is 0. The van der Waals surface area contributed by atoms with Crippen molar-refractivity contribution in [1.29, 1.82) is 0 Å². The molecule has 1 heterocycles. The number of fused-ring (bicyclic) bond motifs is 1. The highest BCUT2D eigenvalue weighted by molar-refractivity contribution is 7.91. The van der Waals surface area contributed by atoms with Crippen LogP contribution in [0, 0.1) is 6.92 Å². The van der Waals surface area contributed by atoms with Gasteiger partial charge in [-0.05, 0) is 31.2 Å². The van der Waals surface area contributed by atoms with Crippen LogP contribution in [0.25, 0.3) is 10.9 Å². The summed E-state index contributed by atoms with van der Waals surface area (Å²) in [6, 6.07) is 9.32. The third-order valence-electron chi connectivity index (χ3n) is 3.74. The van der Waals surface area contributed by atoms with Crippen molar-refractivity contribution >= 4 is 26.4 Å². The zero-order chi connectivity index (χ0) is 17.7.